The second-order valence-corrected chi connectivity index (χ2v) is 6.22. The third kappa shape index (κ3) is 4.43. The van der Waals surface area contributed by atoms with Crippen LogP contribution in [0.2, 0.25) is 0 Å². The molecule has 1 atom stereocenters. The van der Waals surface area contributed by atoms with E-state index < -0.39 is 0 Å². The first-order chi connectivity index (χ1) is 12.2. The zero-order chi connectivity index (χ0) is 17.6. The first kappa shape index (κ1) is 17.6. The van der Waals surface area contributed by atoms with Crippen LogP contribution in [0.3, 0.4) is 0 Å². The van der Waals surface area contributed by atoms with Crippen LogP contribution in [0, 0.1) is 5.82 Å². The standard InChI is InChI=1S/C18H23FN4O2/c1-25-12-14-9-13(4-5-16(14)19)10-21-18(24)17-6-8-23(22-17)15-3-2-7-20-11-15/h4-6,8-9,15,20H,2-3,7,10-12H2,1H3,(H,21,24). The molecule has 1 fully saturated rings. The molecule has 2 N–H and O–H groups in total. The molecule has 0 aliphatic carbocycles. The van der Waals surface area contributed by atoms with E-state index in [2.05, 4.69) is 15.7 Å². The first-order valence-corrected chi connectivity index (χ1v) is 8.47. The van der Waals surface area contributed by atoms with Gasteiger partial charge in [0.1, 0.15) is 11.5 Å². The van der Waals surface area contributed by atoms with Crippen LogP contribution in [0.25, 0.3) is 0 Å². The van der Waals surface area contributed by atoms with Crippen LogP contribution in [0.15, 0.2) is 30.5 Å². The zero-order valence-electron chi connectivity index (χ0n) is 14.3. The molecule has 6 nitrogen and oxygen atoms in total. The van der Waals surface area contributed by atoms with Crippen LogP contribution in [0.4, 0.5) is 4.39 Å². The van der Waals surface area contributed by atoms with Gasteiger partial charge in [-0.3, -0.25) is 9.48 Å². The fourth-order valence-corrected chi connectivity index (χ4v) is 3.00. The fourth-order valence-electron chi connectivity index (χ4n) is 3.00. The molecule has 7 heteroatoms. The Balaban J connectivity index is 1.59. The van der Waals surface area contributed by atoms with Crippen LogP contribution in [-0.2, 0) is 17.9 Å². The lowest BCUT2D eigenvalue weighted by molar-refractivity contribution is 0.0944. The van der Waals surface area contributed by atoms with E-state index in [1.165, 1.54) is 13.2 Å². The maximum atomic E-state index is 13.6. The van der Waals surface area contributed by atoms with Crippen molar-refractivity contribution in [1.29, 1.82) is 0 Å². The van der Waals surface area contributed by atoms with Gasteiger partial charge in [0.2, 0.25) is 0 Å². The van der Waals surface area contributed by atoms with Crippen molar-refractivity contribution in [2.75, 3.05) is 20.2 Å². The normalized spacial score (nSPS) is 17.4. The van der Waals surface area contributed by atoms with E-state index in [0.29, 0.717) is 23.8 Å². The quantitative estimate of drug-likeness (QED) is 0.840. The minimum absolute atomic E-state index is 0.202. The Morgan fingerprint density at radius 2 is 2.36 bits per heavy atom. The summed E-state index contributed by atoms with van der Waals surface area (Å²) in [4.78, 5) is 12.3. The van der Waals surface area contributed by atoms with Crippen molar-refractivity contribution in [2.45, 2.75) is 32.0 Å². The average molecular weight is 346 g/mol. The van der Waals surface area contributed by atoms with Gasteiger partial charge in [-0.15, -0.1) is 0 Å². The molecule has 3 rings (SSSR count). The highest BCUT2D eigenvalue weighted by Crippen LogP contribution is 2.16. The van der Waals surface area contributed by atoms with Crippen molar-refractivity contribution in [1.82, 2.24) is 20.4 Å². The van der Waals surface area contributed by atoms with Gasteiger partial charge in [-0.2, -0.15) is 5.10 Å². The van der Waals surface area contributed by atoms with E-state index in [0.717, 1.165) is 31.5 Å². The molecule has 1 aromatic heterocycles. The Morgan fingerprint density at radius 1 is 1.48 bits per heavy atom. The summed E-state index contributed by atoms with van der Waals surface area (Å²) in [6.45, 7) is 2.43. The molecule has 25 heavy (non-hydrogen) atoms. The van der Waals surface area contributed by atoms with Crippen molar-refractivity contribution >= 4 is 5.91 Å². The average Bonchev–Trinajstić information content (AvgIpc) is 3.13. The predicted molar refractivity (Wildman–Crippen MR) is 91.7 cm³/mol. The topological polar surface area (TPSA) is 68.2 Å². The molecule has 2 aromatic rings. The molecule has 0 saturated carbocycles. The van der Waals surface area contributed by atoms with Crippen molar-refractivity contribution in [2.24, 2.45) is 0 Å². The van der Waals surface area contributed by atoms with E-state index in [9.17, 15) is 9.18 Å². The number of aromatic nitrogens is 2. The Bertz CT molecular complexity index is 726. The van der Waals surface area contributed by atoms with E-state index >= 15 is 0 Å². The Kier molecular flexibility index (Phi) is 5.78. The number of methoxy groups -OCH3 is 1. The van der Waals surface area contributed by atoms with Gasteiger partial charge in [0.15, 0.2) is 0 Å². The number of halogens is 1. The number of rotatable bonds is 6. The minimum atomic E-state index is -0.309. The molecule has 134 valence electrons. The Morgan fingerprint density at radius 3 is 3.12 bits per heavy atom. The molecule has 1 saturated heterocycles. The van der Waals surface area contributed by atoms with Crippen LogP contribution >= 0.6 is 0 Å². The molecule has 1 unspecified atom stereocenters. The molecule has 1 aromatic carbocycles. The van der Waals surface area contributed by atoms with E-state index in [-0.39, 0.29) is 18.3 Å². The van der Waals surface area contributed by atoms with Gasteiger partial charge < -0.3 is 15.4 Å². The number of carbonyl (C=O) groups excluding carboxylic acids is 1. The van der Waals surface area contributed by atoms with Crippen LogP contribution < -0.4 is 10.6 Å². The second kappa shape index (κ2) is 8.22. The summed E-state index contributed by atoms with van der Waals surface area (Å²) in [5.74, 6) is -0.545. The Hall–Kier alpha value is -2.25. The van der Waals surface area contributed by atoms with Gasteiger partial charge in [0, 0.05) is 32.0 Å². The number of ether oxygens (including phenoxy) is 1. The lowest BCUT2D eigenvalue weighted by atomic mass is 10.1. The highest BCUT2D eigenvalue weighted by Gasteiger charge is 2.17. The number of nitrogens with zero attached hydrogens (tertiary/aromatic N) is 2. The summed E-state index contributed by atoms with van der Waals surface area (Å²) in [5, 5.41) is 10.6. The lowest BCUT2D eigenvalue weighted by Gasteiger charge is -2.22. The predicted octanol–water partition coefficient (Wildman–Crippen LogP) is 2.02. The third-order valence-corrected chi connectivity index (χ3v) is 4.35. The minimum Gasteiger partial charge on any atom is -0.380 e. The number of carbonyl (C=O) groups is 1. The maximum absolute atomic E-state index is 13.6. The number of benzene rings is 1. The summed E-state index contributed by atoms with van der Waals surface area (Å²) in [6.07, 6.45) is 4.02. The smallest absolute Gasteiger partial charge is 0.272 e. The zero-order valence-corrected chi connectivity index (χ0v) is 14.3. The summed E-state index contributed by atoms with van der Waals surface area (Å²) >= 11 is 0. The Labute approximate surface area is 146 Å². The van der Waals surface area contributed by atoms with Gasteiger partial charge in [0.05, 0.1) is 12.6 Å². The molecule has 2 heterocycles. The SMILES string of the molecule is COCc1cc(CNC(=O)c2ccn(C3CCCNC3)n2)ccc1F. The van der Waals surface area contributed by atoms with E-state index in [4.69, 9.17) is 4.74 Å². The first-order valence-electron chi connectivity index (χ1n) is 8.47. The molecule has 1 aliphatic heterocycles. The number of amides is 1. The molecular formula is C18H23FN4O2. The van der Waals surface area contributed by atoms with Gasteiger partial charge >= 0.3 is 0 Å². The number of piperidine rings is 1. The molecule has 0 bridgehead atoms. The molecular weight excluding hydrogens is 323 g/mol. The maximum Gasteiger partial charge on any atom is 0.272 e. The van der Waals surface area contributed by atoms with Gasteiger partial charge in [-0.25, -0.2) is 4.39 Å². The van der Waals surface area contributed by atoms with E-state index in [1.807, 2.05) is 10.9 Å². The van der Waals surface area contributed by atoms with Gasteiger partial charge in [-0.1, -0.05) is 6.07 Å². The highest BCUT2D eigenvalue weighted by molar-refractivity contribution is 5.92. The fraction of sp³-hybridized carbons (Fsp3) is 0.444. The second-order valence-electron chi connectivity index (χ2n) is 6.22. The largest absolute Gasteiger partial charge is 0.380 e. The number of nitrogens with one attached hydrogen (secondary N) is 2. The van der Waals surface area contributed by atoms with Crippen molar-refractivity contribution in [3.8, 4) is 0 Å². The lowest BCUT2D eigenvalue weighted by Crippen LogP contribution is -2.32. The van der Waals surface area contributed by atoms with Gasteiger partial charge in [0.25, 0.3) is 5.91 Å². The monoisotopic (exact) mass is 346 g/mol. The van der Waals surface area contributed by atoms with Crippen LogP contribution in [0.1, 0.15) is 40.5 Å². The highest BCUT2D eigenvalue weighted by atomic mass is 19.1. The molecule has 1 amide bonds. The van der Waals surface area contributed by atoms with Gasteiger partial charge in [-0.05, 0) is 43.1 Å². The van der Waals surface area contributed by atoms with Crippen LogP contribution in [-0.4, -0.2) is 35.9 Å². The molecule has 0 radical (unpaired) electrons. The summed E-state index contributed by atoms with van der Waals surface area (Å²) in [7, 11) is 1.52. The number of hydrogen-bond acceptors (Lipinski definition) is 4. The molecule has 0 spiro atoms. The third-order valence-electron chi connectivity index (χ3n) is 4.35. The van der Waals surface area contributed by atoms with Crippen molar-refractivity contribution in [3.63, 3.8) is 0 Å². The van der Waals surface area contributed by atoms with Crippen LogP contribution in [0.5, 0.6) is 0 Å². The van der Waals surface area contributed by atoms with E-state index in [1.54, 1.807) is 18.2 Å². The molecule has 1 aliphatic rings. The number of hydrogen-bond donors (Lipinski definition) is 2. The summed E-state index contributed by atoms with van der Waals surface area (Å²) in [5.41, 5.74) is 1.69. The summed E-state index contributed by atoms with van der Waals surface area (Å²) in [6, 6.07) is 6.77. The summed E-state index contributed by atoms with van der Waals surface area (Å²) < 4.78 is 20.4. The van der Waals surface area contributed by atoms with Crippen molar-refractivity contribution < 1.29 is 13.9 Å². The van der Waals surface area contributed by atoms with Crippen molar-refractivity contribution in [3.05, 3.63) is 53.1 Å².